The van der Waals surface area contributed by atoms with Gasteiger partial charge in [-0.05, 0) is 53.6 Å². The predicted molar refractivity (Wildman–Crippen MR) is 120 cm³/mol. The van der Waals surface area contributed by atoms with Crippen LogP contribution in [0.1, 0.15) is 27.2 Å². The van der Waals surface area contributed by atoms with Gasteiger partial charge in [-0.15, -0.1) is 0 Å². The molecule has 1 N–H and O–H groups in total. The highest BCUT2D eigenvalue weighted by Gasteiger charge is 2.35. The number of fused-ring (bicyclic) bond motifs is 1. The zero-order chi connectivity index (χ0) is 26.4. The summed E-state index contributed by atoms with van der Waals surface area (Å²) in [4.78, 5) is 12.5. The molecule has 12 heteroatoms. The maximum atomic E-state index is 13.9. The number of hydrogen-bond donors (Lipinski definition) is 1. The summed E-state index contributed by atoms with van der Waals surface area (Å²) in [7, 11) is 0. The van der Waals surface area contributed by atoms with Crippen LogP contribution in [0.2, 0.25) is 10.0 Å². The molecule has 1 aromatic heterocycles. The fourth-order valence-corrected chi connectivity index (χ4v) is 4.08. The number of nitrogens with zero attached hydrogens (tertiary/aromatic N) is 1. The lowest BCUT2D eigenvalue weighted by molar-refractivity contribution is -0.138. The van der Waals surface area contributed by atoms with Crippen LogP contribution in [0.4, 0.5) is 26.3 Å². The van der Waals surface area contributed by atoms with Gasteiger partial charge in [0.25, 0.3) is 0 Å². The zero-order valence-corrected chi connectivity index (χ0v) is 19.2. The number of esters is 1. The first-order valence-corrected chi connectivity index (χ1v) is 10.8. The van der Waals surface area contributed by atoms with E-state index in [4.69, 9.17) is 27.9 Å². The molecule has 0 fully saturated rings. The fourth-order valence-electron chi connectivity index (χ4n) is 3.56. The average molecular weight is 548 g/mol. The highest BCUT2D eigenvalue weighted by Crippen LogP contribution is 2.41. The molecule has 0 saturated heterocycles. The zero-order valence-electron chi connectivity index (χ0n) is 17.7. The maximum Gasteiger partial charge on any atom is 0.417 e. The van der Waals surface area contributed by atoms with Crippen LogP contribution in [0, 0.1) is 0 Å². The van der Waals surface area contributed by atoms with Crippen LogP contribution < -0.4 is 0 Å². The molecule has 4 nitrogen and oxygen atoms in total. The van der Waals surface area contributed by atoms with Crippen LogP contribution in [0.15, 0.2) is 60.7 Å². The summed E-state index contributed by atoms with van der Waals surface area (Å²) in [6.07, 6.45) is -9.39. The van der Waals surface area contributed by atoms with E-state index in [2.05, 4.69) is 0 Å². The number of rotatable bonds is 4. The Morgan fingerprint density at radius 1 is 0.889 bits per heavy atom. The minimum absolute atomic E-state index is 0.00886. The number of alkyl halides is 6. The summed E-state index contributed by atoms with van der Waals surface area (Å²) < 4.78 is 84.9. The number of hydrogen-bond acceptors (Lipinski definition) is 3. The van der Waals surface area contributed by atoms with Crippen LogP contribution in [0.25, 0.3) is 22.0 Å². The molecule has 3 aromatic carbocycles. The van der Waals surface area contributed by atoms with Gasteiger partial charge in [-0.2, -0.15) is 31.1 Å². The molecule has 0 bridgehead atoms. The van der Waals surface area contributed by atoms with E-state index in [0.717, 1.165) is 36.4 Å². The summed E-state index contributed by atoms with van der Waals surface area (Å²) in [5.41, 5.74) is -2.56. The first-order chi connectivity index (χ1) is 16.8. The van der Waals surface area contributed by atoms with Crippen LogP contribution in [0.3, 0.4) is 0 Å². The SMILES string of the molecule is O=C(OCc1ccc(C(F)(F)F)cc1)c1cc2c(C(F)(F)F)cc(-c3ccc(Cl)cc3Cl)cc2n1O. The number of carbonyl (C=O) groups is 1. The van der Waals surface area contributed by atoms with E-state index in [0.29, 0.717) is 0 Å². The van der Waals surface area contributed by atoms with Crippen molar-refractivity contribution in [3.8, 4) is 11.1 Å². The molecular formula is C24H13Cl2F6NO3. The smallest absolute Gasteiger partial charge is 0.417 e. The van der Waals surface area contributed by atoms with Crippen molar-refractivity contribution in [2.45, 2.75) is 19.0 Å². The number of ether oxygens (including phenoxy) is 1. The van der Waals surface area contributed by atoms with Gasteiger partial charge in [-0.25, -0.2) is 4.79 Å². The lowest BCUT2D eigenvalue weighted by Crippen LogP contribution is -2.11. The van der Waals surface area contributed by atoms with Crippen molar-refractivity contribution in [2.75, 3.05) is 0 Å². The number of aromatic nitrogens is 1. The van der Waals surface area contributed by atoms with Crippen molar-refractivity contribution in [3.63, 3.8) is 0 Å². The van der Waals surface area contributed by atoms with Gasteiger partial charge in [0.1, 0.15) is 6.61 Å². The second-order valence-electron chi connectivity index (χ2n) is 7.69. The van der Waals surface area contributed by atoms with E-state index in [1.54, 1.807) is 0 Å². The first kappa shape index (κ1) is 25.7. The summed E-state index contributed by atoms with van der Waals surface area (Å²) >= 11 is 12.0. The van der Waals surface area contributed by atoms with Crippen molar-refractivity contribution in [1.29, 1.82) is 0 Å². The standard InChI is InChI=1S/C24H13Cl2F6NO3/c25-15-5-6-16(19(26)9-15)13-7-18(24(30,31)32)17-10-21(33(35)20(17)8-13)22(34)36-11-12-1-3-14(4-2-12)23(27,28)29/h1-10,35H,11H2. The summed E-state index contributed by atoms with van der Waals surface area (Å²) in [6, 6.07) is 10.8. The third-order valence-electron chi connectivity index (χ3n) is 5.30. The Bertz CT molecular complexity index is 1460. The topological polar surface area (TPSA) is 51.5 Å². The van der Waals surface area contributed by atoms with Crippen molar-refractivity contribution < 1.29 is 41.1 Å². The highest BCUT2D eigenvalue weighted by molar-refractivity contribution is 6.36. The van der Waals surface area contributed by atoms with E-state index in [1.807, 2.05) is 0 Å². The van der Waals surface area contributed by atoms with Gasteiger partial charge in [0.05, 0.1) is 16.6 Å². The second kappa shape index (κ2) is 9.25. The Labute approximate surface area is 209 Å². The normalized spacial score (nSPS) is 12.2. The largest absolute Gasteiger partial charge is 0.456 e. The van der Waals surface area contributed by atoms with E-state index in [-0.39, 0.29) is 37.0 Å². The van der Waals surface area contributed by atoms with E-state index >= 15 is 0 Å². The molecule has 4 aromatic rings. The van der Waals surface area contributed by atoms with Crippen molar-refractivity contribution >= 4 is 40.1 Å². The van der Waals surface area contributed by atoms with Gasteiger partial charge in [0.15, 0.2) is 5.69 Å². The second-order valence-corrected chi connectivity index (χ2v) is 8.53. The molecule has 0 radical (unpaired) electrons. The summed E-state index contributed by atoms with van der Waals surface area (Å²) in [5.74, 6) is -1.19. The van der Waals surface area contributed by atoms with Gasteiger partial charge in [-0.1, -0.05) is 41.4 Å². The summed E-state index contributed by atoms with van der Waals surface area (Å²) in [6.45, 7) is -0.476. The molecule has 0 aliphatic carbocycles. The van der Waals surface area contributed by atoms with E-state index < -0.39 is 47.1 Å². The van der Waals surface area contributed by atoms with Gasteiger partial charge < -0.3 is 9.94 Å². The molecule has 0 aliphatic rings. The van der Waals surface area contributed by atoms with Crippen LogP contribution in [-0.2, 0) is 23.7 Å². The molecule has 0 saturated carbocycles. The quantitative estimate of drug-likeness (QED) is 0.159. The van der Waals surface area contributed by atoms with E-state index in [1.165, 1.54) is 24.3 Å². The van der Waals surface area contributed by atoms with E-state index in [9.17, 15) is 36.3 Å². The molecule has 188 valence electrons. The van der Waals surface area contributed by atoms with Crippen molar-refractivity contribution in [1.82, 2.24) is 4.73 Å². The molecule has 0 atom stereocenters. The molecule has 36 heavy (non-hydrogen) atoms. The summed E-state index contributed by atoms with van der Waals surface area (Å²) in [5, 5.41) is 10.4. The molecule has 0 amide bonds. The van der Waals surface area contributed by atoms with Crippen LogP contribution in [-0.4, -0.2) is 15.9 Å². The molecule has 0 spiro atoms. The fraction of sp³-hybridized carbons (Fsp3) is 0.125. The monoisotopic (exact) mass is 547 g/mol. The Hall–Kier alpha value is -3.37. The number of carbonyl (C=O) groups excluding carboxylic acids is 1. The lowest BCUT2D eigenvalue weighted by atomic mass is 9.99. The van der Waals surface area contributed by atoms with Gasteiger partial charge >= 0.3 is 18.3 Å². The average Bonchev–Trinajstić information content (AvgIpc) is 3.12. The molecular weight excluding hydrogens is 535 g/mol. The third-order valence-corrected chi connectivity index (χ3v) is 5.85. The number of benzene rings is 3. The molecule has 0 aliphatic heterocycles. The molecule has 4 rings (SSSR count). The van der Waals surface area contributed by atoms with Crippen molar-refractivity contribution in [3.05, 3.63) is 93.1 Å². The minimum atomic E-state index is -4.85. The Morgan fingerprint density at radius 2 is 1.56 bits per heavy atom. The van der Waals surface area contributed by atoms with Crippen LogP contribution in [0.5, 0.6) is 0 Å². The van der Waals surface area contributed by atoms with Gasteiger partial charge in [0, 0.05) is 21.0 Å². The Morgan fingerprint density at radius 3 is 2.14 bits per heavy atom. The van der Waals surface area contributed by atoms with Crippen molar-refractivity contribution in [2.24, 2.45) is 0 Å². The Kier molecular flexibility index (Phi) is 6.61. The molecule has 0 unspecified atom stereocenters. The maximum absolute atomic E-state index is 13.9. The van der Waals surface area contributed by atoms with Gasteiger partial charge in [0.2, 0.25) is 0 Å². The van der Waals surface area contributed by atoms with Crippen LogP contribution >= 0.6 is 23.2 Å². The highest BCUT2D eigenvalue weighted by atomic mass is 35.5. The predicted octanol–water partition coefficient (Wildman–Crippen LogP) is 8.25. The lowest BCUT2D eigenvalue weighted by Gasteiger charge is -2.12. The Balaban J connectivity index is 1.70. The first-order valence-electron chi connectivity index (χ1n) is 10.0. The number of halogens is 8. The third kappa shape index (κ3) is 5.10. The van der Waals surface area contributed by atoms with Gasteiger partial charge in [-0.3, -0.25) is 0 Å². The minimum Gasteiger partial charge on any atom is -0.456 e. The molecule has 1 heterocycles.